The van der Waals surface area contributed by atoms with Gasteiger partial charge in [-0.05, 0) is 55.4 Å². The van der Waals surface area contributed by atoms with Crippen LogP contribution in [0.15, 0.2) is 48.5 Å². The summed E-state index contributed by atoms with van der Waals surface area (Å²) >= 11 is 0. The number of benzene rings is 2. The fourth-order valence-corrected chi connectivity index (χ4v) is 5.11. The third-order valence-corrected chi connectivity index (χ3v) is 7.45. The number of aliphatic carboxylic acids is 1. The van der Waals surface area contributed by atoms with Gasteiger partial charge in [0, 0.05) is 18.5 Å². The smallest absolute Gasteiger partial charge is 0.407 e. The van der Waals surface area contributed by atoms with Crippen LogP contribution in [-0.4, -0.2) is 52.7 Å². The van der Waals surface area contributed by atoms with Crippen molar-refractivity contribution in [3.63, 3.8) is 0 Å². The number of rotatable bonds is 6. The van der Waals surface area contributed by atoms with Gasteiger partial charge in [-0.3, -0.25) is 4.79 Å². The van der Waals surface area contributed by atoms with E-state index < -0.39 is 29.6 Å². The number of hydrogen-bond donors (Lipinski definition) is 2. The molecule has 2 aromatic carbocycles. The van der Waals surface area contributed by atoms with Crippen LogP contribution in [0.3, 0.4) is 0 Å². The summed E-state index contributed by atoms with van der Waals surface area (Å²) in [6, 6.07) is 15.7. The van der Waals surface area contributed by atoms with E-state index in [0.29, 0.717) is 13.0 Å². The highest BCUT2D eigenvalue weighted by atomic mass is 16.5. The first-order chi connectivity index (χ1) is 16.2. The Balaban J connectivity index is 1.38. The molecule has 0 bridgehead atoms. The number of carbonyl (C=O) groups excluding carboxylic acids is 2. The molecule has 3 atom stereocenters. The topological polar surface area (TPSA) is 95.9 Å². The van der Waals surface area contributed by atoms with Crippen molar-refractivity contribution in [2.75, 3.05) is 13.2 Å². The highest BCUT2D eigenvalue weighted by Crippen LogP contribution is 2.44. The van der Waals surface area contributed by atoms with Gasteiger partial charge in [0.15, 0.2) is 0 Å². The molecule has 34 heavy (non-hydrogen) atoms. The molecule has 1 aliphatic carbocycles. The Bertz CT molecular complexity index is 1050. The molecule has 2 aromatic rings. The predicted octanol–water partition coefficient (Wildman–Crippen LogP) is 4.41. The zero-order valence-corrected chi connectivity index (χ0v) is 19.9. The van der Waals surface area contributed by atoms with Gasteiger partial charge in [0.05, 0.1) is 5.92 Å². The Morgan fingerprint density at radius 3 is 2.24 bits per heavy atom. The summed E-state index contributed by atoms with van der Waals surface area (Å²) in [4.78, 5) is 39.1. The number of nitrogens with zero attached hydrogens (tertiary/aromatic N) is 1. The van der Waals surface area contributed by atoms with Crippen molar-refractivity contribution >= 4 is 18.0 Å². The zero-order valence-electron chi connectivity index (χ0n) is 19.9. The first kappa shape index (κ1) is 23.8. The Morgan fingerprint density at radius 2 is 1.65 bits per heavy atom. The van der Waals surface area contributed by atoms with Crippen LogP contribution in [-0.2, 0) is 14.3 Å². The van der Waals surface area contributed by atoms with E-state index in [1.54, 1.807) is 20.8 Å². The van der Waals surface area contributed by atoms with Crippen LogP contribution in [0.4, 0.5) is 4.79 Å². The van der Waals surface area contributed by atoms with Gasteiger partial charge in [-0.1, -0.05) is 55.5 Å². The van der Waals surface area contributed by atoms with Crippen molar-refractivity contribution in [3.8, 4) is 11.1 Å². The highest BCUT2D eigenvalue weighted by molar-refractivity contribution is 5.88. The highest BCUT2D eigenvalue weighted by Gasteiger charge is 2.45. The van der Waals surface area contributed by atoms with Gasteiger partial charge < -0.3 is 20.1 Å². The number of hydrogen-bond acceptors (Lipinski definition) is 4. The molecule has 0 saturated carbocycles. The molecule has 1 aliphatic heterocycles. The van der Waals surface area contributed by atoms with E-state index >= 15 is 0 Å². The number of fused-ring (bicyclic) bond motifs is 3. The maximum atomic E-state index is 13.2. The standard InChI is InChI=1S/C27H32N2O5/c1-17(24(30)29-15-9-8-14-27(29,3)25(31)32)18(2)28-26(33)34-16-23-21-12-6-4-10-19(21)20-11-5-7-13-22(20)23/h4-7,10-13,17-18,23H,8-9,14-16H2,1-3H3,(H,28,33)(H,31,32). The van der Waals surface area contributed by atoms with E-state index in [4.69, 9.17) is 4.74 Å². The molecule has 1 fully saturated rings. The van der Waals surface area contributed by atoms with Crippen molar-refractivity contribution in [2.24, 2.45) is 5.92 Å². The van der Waals surface area contributed by atoms with E-state index in [1.165, 1.54) is 4.90 Å². The minimum absolute atomic E-state index is 0.0443. The van der Waals surface area contributed by atoms with E-state index in [0.717, 1.165) is 35.1 Å². The summed E-state index contributed by atoms with van der Waals surface area (Å²) in [6.45, 7) is 5.66. The number of amides is 2. The fraction of sp³-hybridized carbons (Fsp3) is 0.444. The zero-order chi connectivity index (χ0) is 24.5. The lowest BCUT2D eigenvalue weighted by Gasteiger charge is -2.43. The maximum absolute atomic E-state index is 13.2. The second kappa shape index (κ2) is 9.49. The predicted molar refractivity (Wildman–Crippen MR) is 128 cm³/mol. The Hall–Kier alpha value is -3.35. The average molecular weight is 465 g/mol. The molecule has 7 heteroatoms. The minimum Gasteiger partial charge on any atom is -0.480 e. The third-order valence-electron chi connectivity index (χ3n) is 7.45. The number of ether oxygens (including phenoxy) is 1. The molecule has 1 heterocycles. The largest absolute Gasteiger partial charge is 0.480 e. The second-order valence-electron chi connectivity index (χ2n) is 9.57. The molecule has 0 spiro atoms. The molecule has 180 valence electrons. The molecule has 3 unspecified atom stereocenters. The van der Waals surface area contributed by atoms with Gasteiger partial charge in [0.2, 0.25) is 5.91 Å². The molecule has 7 nitrogen and oxygen atoms in total. The summed E-state index contributed by atoms with van der Waals surface area (Å²) in [5, 5.41) is 12.5. The van der Waals surface area contributed by atoms with E-state index in [1.807, 2.05) is 24.3 Å². The quantitative estimate of drug-likeness (QED) is 0.660. The molecule has 2 amide bonds. The van der Waals surface area contributed by atoms with Crippen molar-refractivity contribution in [2.45, 2.75) is 57.5 Å². The summed E-state index contributed by atoms with van der Waals surface area (Å²) in [7, 11) is 0. The van der Waals surface area contributed by atoms with Crippen LogP contribution in [0.1, 0.15) is 57.1 Å². The molecular weight excluding hydrogens is 432 g/mol. The van der Waals surface area contributed by atoms with Crippen LogP contribution in [0.25, 0.3) is 11.1 Å². The minimum atomic E-state index is -1.22. The number of likely N-dealkylation sites (tertiary alicyclic amines) is 1. The van der Waals surface area contributed by atoms with E-state index in [2.05, 4.69) is 29.6 Å². The van der Waals surface area contributed by atoms with Crippen molar-refractivity contribution in [1.82, 2.24) is 10.2 Å². The maximum Gasteiger partial charge on any atom is 0.407 e. The van der Waals surface area contributed by atoms with Crippen LogP contribution < -0.4 is 5.32 Å². The first-order valence-corrected chi connectivity index (χ1v) is 11.9. The lowest BCUT2D eigenvalue weighted by atomic mass is 9.86. The van der Waals surface area contributed by atoms with Crippen molar-refractivity contribution < 1.29 is 24.2 Å². The Labute approximate surface area is 200 Å². The van der Waals surface area contributed by atoms with Crippen LogP contribution in [0.2, 0.25) is 0 Å². The van der Waals surface area contributed by atoms with E-state index in [-0.39, 0.29) is 18.4 Å². The van der Waals surface area contributed by atoms with Gasteiger partial charge in [-0.15, -0.1) is 0 Å². The van der Waals surface area contributed by atoms with Crippen LogP contribution >= 0.6 is 0 Å². The summed E-state index contributed by atoms with van der Waals surface area (Å²) in [5.41, 5.74) is 3.36. The molecule has 1 saturated heterocycles. The second-order valence-corrected chi connectivity index (χ2v) is 9.57. The lowest BCUT2D eigenvalue weighted by molar-refractivity contribution is -0.163. The first-order valence-electron chi connectivity index (χ1n) is 11.9. The normalized spacial score (nSPS) is 21.2. The molecule has 2 N–H and O–H groups in total. The van der Waals surface area contributed by atoms with E-state index in [9.17, 15) is 19.5 Å². The van der Waals surface area contributed by atoms with Gasteiger partial charge in [0.1, 0.15) is 12.1 Å². The van der Waals surface area contributed by atoms with Gasteiger partial charge >= 0.3 is 12.1 Å². The Morgan fingerprint density at radius 1 is 1.06 bits per heavy atom. The number of alkyl carbamates (subject to hydrolysis) is 1. The van der Waals surface area contributed by atoms with Gasteiger partial charge in [-0.25, -0.2) is 9.59 Å². The SMILES string of the molecule is CC(NC(=O)OCC1c2ccccc2-c2ccccc21)C(C)C(=O)N1CCCCC1(C)C(=O)O. The molecule has 4 rings (SSSR count). The molecular formula is C27H32N2O5. The number of carbonyl (C=O) groups is 3. The number of nitrogens with one attached hydrogen (secondary N) is 1. The summed E-state index contributed by atoms with van der Waals surface area (Å²) in [5.74, 6) is -1.89. The fourth-order valence-electron chi connectivity index (χ4n) is 5.11. The van der Waals surface area contributed by atoms with Crippen LogP contribution in [0, 0.1) is 5.92 Å². The number of carboxylic acid groups (broad SMARTS) is 1. The average Bonchev–Trinajstić information content (AvgIpc) is 3.15. The summed E-state index contributed by atoms with van der Waals surface area (Å²) in [6.07, 6.45) is 1.38. The monoisotopic (exact) mass is 464 g/mol. The summed E-state index contributed by atoms with van der Waals surface area (Å²) < 4.78 is 5.60. The third kappa shape index (κ3) is 4.27. The van der Waals surface area contributed by atoms with Gasteiger partial charge in [0.25, 0.3) is 0 Å². The molecule has 0 radical (unpaired) electrons. The molecule has 2 aliphatic rings. The number of piperidine rings is 1. The lowest BCUT2D eigenvalue weighted by Crippen LogP contribution is -2.60. The Kier molecular flexibility index (Phi) is 6.64. The van der Waals surface area contributed by atoms with Gasteiger partial charge in [-0.2, -0.15) is 0 Å². The van der Waals surface area contributed by atoms with Crippen molar-refractivity contribution in [3.05, 3.63) is 59.7 Å². The van der Waals surface area contributed by atoms with Crippen LogP contribution in [0.5, 0.6) is 0 Å². The molecule has 0 aromatic heterocycles. The van der Waals surface area contributed by atoms with Crippen molar-refractivity contribution in [1.29, 1.82) is 0 Å². The number of carboxylic acids is 1.